The molecule has 0 aliphatic heterocycles. The van der Waals surface area contributed by atoms with Crippen LogP contribution in [0.15, 0.2) is 56.7 Å². The number of oxazole rings is 1. The largest absolute Gasteiger partial charge is 0.439 e. The number of para-hydroxylation sites is 2. The summed E-state index contributed by atoms with van der Waals surface area (Å²) in [5, 5.41) is 0. The Labute approximate surface area is 132 Å². The molecule has 0 saturated carbocycles. The smallest absolute Gasteiger partial charge is 0.251 e. The van der Waals surface area contributed by atoms with Gasteiger partial charge in [-0.05, 0) is 18.2 Å². The van der Waals surface area contributed by atoms with Crippen molar-refractivity contribution in [1.82, 2.24) is 13.9 Å². The van der Waals surface area contributed by atoms with Gasteiger partial charge in [0, 0.05) is 26.4 Å². The van der Waals surface area contributed by atoms with Gasteiger partial charge in [-0.3, -0.25) is 4.79 Å². The predicted molar refractivity (Wildman–Crippen MR) is 84.7 cm³/mol. The summed E-state index contributed by atoms with van der Waals surface area (Å²) in [4.78, 5) is 16.3. The van der Waals surface area contributed by atoms with Crippen LogP contribution in [0.4, 0.5) is 0 Å². The quantitative estimate of drug-likeness (QED) is 0.718. The molecule has 0 atom stereocenters. The molecule has 3 rings (SSSR count). The van der Waals surface area contributed by atoms with Crippen LogP contribution in [-0.2, 0) is 16.6 Å². The van der Waals surface area contributed by atoms with E-state index >= 15 is 0 Å². The third-order valence-corrected chi connectivity index (χ3v) is 5.18. The first-order valence-corrected chi connectivity index (χ1v) is 8.29. The van der Waals surface area contributed by atoms with Gasteiger partial charge in [-0.2, -0.15) is 0 Å². The summed E-state index contributed by atoms with van der Waals surface area (Å²) in [6.45, 7) is 0.0598. The van der Waals surface area contributed by atoms with Crippen LogP contribution in [0.3, 0.4) is 0 Å². The molecule has 0 unspecified atom stereocenters. The van der Waals surface area contributed by atoms with Gasteiger partial charge in [-0.1, -0.05) is 12.1 Å². The van der Waals surface area contributed by atoms with Gasteiger partial charge < -0.3 is 8.98 Å². The van der Waals surface area contributed by atoms with E-state index in [4.69, 9.17) is 4.42 Å². The van der Waals surface area contributed by atoms with Gasteiger partial charge in [-0.15, -0.1) is 0 Å². The van der Waals surface area contributed by atoms with Crippen LogP contribution in [0, 0.1) is 0 Å². The molecule has 0 fully saturated rings. The zero-order chi connectivity index (χ0) is 16.6. The molecule has 0 amide bonds. The third-order valence-electron chi connectivity index (χ3n) is 3.38. The summed E-state index contributed by atoms with van der Waals surface area (Å²) in [5.74, 6) is 0.340. The molecule has 8 heteroatoms. The lowest BCUT2D eigenvalue weighted by atomic mass is 10.3. The highest BCUT2D eigenvalue weighted by molar-refractivity contribution is 7.89. The number of rotatable bonds is 4. The normalized spacial score (nSPS) is 12.1. The second-order valence-electron chi connectivity index (χ2n) is 5.19. The van der Waals surface area contributed by atoms with Gasteiger partial charge in [0.1, 0.15) is 12.1 Å². The number of nitrogens with zero attached hydrogens (tertiary/aromatic N) is 3. The van der Waals surface area contributed by atoms with Crippen LogP contribution in [-0.4, -0.2) is 36.4 Å². The van der Waals surface area contributed by atoms with Crippen LogP contribution in [0.25, 0.3) is 11.1 Å². The van der Waals surface area contributed by atoms with E-state index in [9.17, 15) is 13.2 Å². The summed E-state index contributed by atoms with van der Waals surface area (Å²) in [6, 6.07) is 9.76. The number of sulfonamides is 1. The maximum Gasteiger partial charge on any atom is 0.251 e. The Kier molecular flexibility index (Phi) is 3.78. The van der Waals surface area contributed by atoms with E-state index in [1.807, 2.05) is 12.1 Å². The zero-order valence-corrected chi connectivity index (χ0v) is 13.4. The number of hydrogen-bond donors (Lipinski definition) is 0. The minimum atomic E-state index is -3.61. The lowest BCUT2D eigenvalue weighted by Crippen LogP contribution is -2.26. The molecule has 120 valence electrons. The van der Waals surface area contributed by atoms with Crippen molar-refractivity contribution in [3.05, 3.63) is 58.8 Å². The van der Waals surface area contributed by atoms with E-state index in [-0.39, 0.29) is 17.0 Å². The molecule has 1 aromatic carbocycles. The van der Waals surface area contributed by atoms with Crippen molar-refractivity contribution >= 4 is 21.1 Å². The van der Waals surface area contributed by atoms with Crippen LogP contribution in [0.1, 0.15) is 5.89 Å². The molecule has 2 heterocycles. The molecule has 0 saturated heterocycles. The molecular weight excluding hydrogens is 318 g/mol. The fraction of sp³-hybridized carbons (Fsp3) is 0.200. The third kappa shape index (κ3) is 2.90. The second-order valence-corrected chi connectivity index (χ2v) is 7.35. The second kappa shape index (κ2) is 5.64. The maximum atomic E-state index is 12.2. The molecule has 3 aromatic rings. The fourth-order valence-electron chi connectivity index (χ4n) is 2.13. The van der Waals surface area contributed by atoms with E-state index in [1.54, 1.807) is 12.1 Å². The number of pyridine rings is 1. The van der Waals surface area contributed by atoms with Crippen LogP contribution in [0.2, 0.25) is 0 Å². The molecule has 0 aliphatic rings. The van der Waals surface area contributed by atoms with Crippen molar-refractivity contribution in [2.45, 2.75) is 11.4 Å². The lowest BCUT2D eigenvalue weighted by Gasteiger charge is -2.12. The Balaban J connectivity index is 2.01. The Morgan fingerprint density at radius 3 is 2.61 bits per heavy atom. The molecule has 2 aromatic heterocycles. The van der Waals surface area contributed by atoms with Gasteiger partial charge in [-0.25, -0.2) is 17.7 Å². The van der Waals surface area contributed by atoms with Gasteiger partial charge in [0.25, 0.3) is 5.56 Å². The first-order chi connectivity index (χ1) is 10.9. The molecule has 0 radical (unpaired) electrons. The summed E-state index contributed by atoms with van der Waals surface area (Å²) >= 11 is 0. The maximum absolute atomic E-state index is 12.2. The van der Waals surface area contributed by atoms with Crippen LogP contribution < -0.4 is 5.56 Å². The number of fused-ring (bicyclic) bond motifs is 1. The van der Waals surface area contributed by atoms with E-state index < -0.39 is 10.0 Å². The van der Waals surface area contributed by atoms with Crippen molar-refractivity contribution < 1.29 is 12.8 Å². The summed E-state index contributed by atoms with van der Waals surface area (Å²) in [6.07, 6.45) is 1.30. The zero-order valence-electron chi connectivity index (χ0n) is 12.6. The Hall–Kier alpha value is -2.45. The first kappa shape index (κ1) is 15.4. The Morgan fingerprint density at radius 1 is 1.17 bits per heavy atom. The van der Waals surface area contributed by atoms with Crippen molar-refractivity contribution in [3.8, 4) is 0 Å². The predicted octanol–water partition coefficient (Wildman–Crippen LogP) is 1.29. The fourth-order valence-corrected chi connectivity index (χ4v) is 3.05. The van der Waals surface area contributed by atoms with Crippen molar-refractivity contribution in [2.75, 3.05) is 14.1 Å². The molecule has 0 spiro atoms. The molecule has 23 heavy (non-hydrogen) atoms. The van der Waals surface area contributed by atoms with Gasteiger partial charge in [0.05, 0.1) is 4.90 Å². The van der Waals surface area contributed by atoms with E-state index in [0.29, 0.717) is 17.0 Å². The minimum absolute atomic E-state index is 0.0400. The highest BCUT2D eigenvalue weighted by Crippen LogP contribution is 2.16. The average Bonchev–Trinajstić information content (AvgIpc) is 2.91. The van der Waals surface area contributed by atoms with Crippen molar-refractivity contribution in [2.24, 2.45) is 0 Å². The average molecular weight is 333 g/mol. The van der Waals surface area contributed by atoms with Crippen molar-refractivity contribution in [1.29, 1.82) is 0 Å². The Bertz CT molecular complexity index is 985. The highest BCUT2D eigenvalue weighted by Gasteiger charge is 2.18. The number of aromatic nitrogens is 2. The Morgan fingerprint density at radius 2 is 1.91 bits per heavy atom. The van der Waals surface area contributed by atoms with Gasteiger partial charge in [0.2, 0.25) is 15.9 Å². The van der Waals surface area contributed by atoms with E-state index in [2.05, 4.69) is 4.98 Å². The summed E-state index contributed by atoms with van der Waals surface area (Å²) in [5.41, 5.74) is 0.977. The van der Waals surface area contributed by atoms with Crippen molar-refractivity contribution in [3.63, 3.8) is 0 Å². The molecular formula is C15H15N3O4S. The number of benzene rings is 1. The topological polar surface area (TPSA) is 85.4 Å². The molecule has 0 aliphatic carbocycles. The van der Waals surface area contributed by atoms with Crippen LogP contribution in [0.5, 0.6) is 0 Å². The van der Waals surface area contributed by atoms with Crippen LogP contribution >= 0.6 is 0 Å². The molecule has 0 N–H and O–H groups in total. The monoisotopic (exact) mass is 333 g/mol. The van der Waals surface area contributed by atoms with E-state index in [0.717, 1.165) is 4.31 Å². The van der Waals surface area contributed by atoms with Gasteiger partial charge >= 0.3 is 0 Å². The number of hydrogen-bond acceptors (Lipinski definition) is 5. The summed E-state index contributed by atoms with van der Waals surface area (Å²) < 4.78 is 32.2. The lowest BCUT2D eigenvalue weighted by molar-refractivity contribution is 0.498. The minimum Gasteiger partial charge on any atom is -0.439 e. The summed E-state index contributed by atoms with van der Waals surface area (Å²) in [7, 11) is -0.738. The standard InChI is InChI=1S/C15H15N3O4S/c1-17(2)23(20,21)11-7-8-15(19)18(9-11)10-14-16-12-5-3-4-6-13(12)22-14/h3-9H,10H2,1-2H3. The SMILES string of the molecule is CN(C)S(=O)(=O)c1ccc(=O)n(Cc2nc3ccccc3o2)c1. The van der Waals surface area contributed by atoms with Gasteiger partial charge in [0.15, 0.2) is 5.58 Å². The molecule has 0 bridgehead atoms. The highest BCUT2D eigenvalue weighted by atomic mass is 32.2. The van der Waals surface area contributed by atoms with E-state index in [1.165, 1.54) is 37.0 Å². The molecule has 7 nitrogen and oxygen atoms in total. The first-order valence-electron chi connectivity index (χ1n) is 6.85.